The highest BCUT2D eigenvalue weighted by Crippen LogP contribution is 2.28. The molecule has 1 heterocycles. The number of hydrogen-bond donors (Lipinski definition) is 1. The van der Waals surface area contributed by atoms with Gasteiger partial charge in [-0.2, -0.15) is 0 Å². The van der Waals surface area contributed by atoms with Crippen molar-refractivity contribution in [2.45, 2.75) is 0 Å². The molecular weight excluding hydrogens is 374 g/mol. The van der Waals surface area contributed by atoms with Crippen LogP contribution >= 0.6 is 0 Å². The van der Waals surface area contributed by atoms with Crippen molar-refractivity contribution in [2.24, 2.45) is 0 Å². The molecule has 3 rings (SSSR count). The number of nitrogens with zero attached hydrogens (tertiary/aromatic N) is 1. The molecule has 0 aliphatic carbocycles. The lowest BCUT2D eigenvalue weighted by Crippen LogP contribution is -2.43. The minimum Gasteiger partial charge on any atom is -0.508 e. The Morgan fingerprint density at radius 2 is 1.83 bits per heavy atom. The summed E-state index contributed by atoms with van der Waals surface area (Å²) in [4.78, 5) is 26.1. The number of carbonyl (C=O) groups excluding carboxylic acids is 2. The lowest BCUT2D eigenvalue weighted by molar-refractivity contribution is -0.137. The third-order valence-corrected chi connectivity index (χ3v) is 4.48. The van der Waals surface area contributed by atoms with E-state index < -0.39 is 0 Å². The Morgan fingerprint density at radius 1 is 1.10 bits per heavy atom. The topological polar surface area (TPSA) is 85.3 Å². The van der Waals surface area contributed by atoms with E-state index in [-0.39, 0.29) is 24.0 Å². The van der Waals surface area contributed by atoms with Crippen molar-refractivity contribution in [3.8, 4) is 17.2 Å². The van der Waals surface area contributed by atoms with E-state index in [2.05, 4.69) is 0 Å². The third-order valence-electron chi connectivity index (χ3n) is 4.48. The molecule has 7 heteroatoms. The SMILES string of the molecule is COc1cc(/C=C/C(=O)c2ccc(O)cc2)ccc1OCC(=O)N1CCOCC1. The second-order valence-corrected chi connectivity index (χ2v) is 6.44. The number of morpholine rings is 1. The molecule has 1 aliphatic heterocycles. The summed E-state index contributed by atoms with van der Waals surface area (Å²) in [5.74, 6) is 0.757. The number of ketones is 1. The summed E-state index contributed by atoms with van der Waals surface area (Å²) >= 11 is 0. The van der Waals surface area contributed by atoms with Gasteiger partial charge in [-0.1, -0.05) is 12.1 Å². The van der Waals surface area contributed by atoms with E-state index in [4.69, 9.17) is 14.2 Å². The number of aromatic hydroxyl groups is 1. The van der Waals surface area contributed by atoms with Crippen molar-refractivity contribution in [3.63, 3.8) is 0 Å². The van der Waals surface area contributed by atoms with Crippen molar-refractivity contribution in [1.82, 2.24) is 4.90 Å². The van der Waals surface area contributed by atoms with Gasteiger partial charge in [0.05, 0.1) is 20.3 Å². The maximum absolute atomic E-state index is 12.2. The van der Waals surface area contributed by atoms with Crippen LogP contribution < -0.4 is 9.47 Å². The van der Waals surface area contributed by atoms with Crippen molar-refractivity contribution < 1.29 is 28.9 Å². The summed E-state index contributed by atoms with van der Waals surface area (Å²) in [7, 11) is 1.51. The average molecular weight is 397 g/mol. The molecule has 29 heavy (non-hydrogen) atoms. The molecule has 0 aromatic heterocycles. The molecule has 0 saturated carbocycles. The van der Waals surface area contributed by atoms with Crippen LogP contribution in [0, 0.1) is 0 Å². The normalized spacial score (nSPS) is 14.0. The Bertz CT molecular complexity index is 885. The molecule has 2 aromatic carbocycles. The Hall–Kier alpha value is -3.32. The molecule has 1 saturated heterocycles. The van der Waals surface area contributed by atoms with Gasteiger partial charge in [0.1, 0.15) is 5.75 Å². The molecule has 1 N–H and O–H groups in total. The maximum Gasteiger partial charge on any atom is 0.260 e. The van der Waals surface area contributed by atoms with E-state index in [9.17, 15) is 14.7 Å². The zero-order valence-corrected chi connectivity index (χ0v) is 16.2. The van der Waals surface area contributed by atoms with E-state index in [0.29, 0.717) is 43.4 Å². The van der Waals surface area contributed by atoms with E-state index in [0.717, 1.165) is 5.56 Å². The standard InChI is InChI=1S/C22H23NO6/c1-27-21-14-16(2-8-19(25)17-4-6-18(24)7-5-17)3-9-20(21)29-15-22(26)23-10-12-28-13-11-23/h2-9,14,24H,10-13,15H2,1H3/b8-2+. The number of methoxy groups -OCH3 is 1. The molecule has 1 aliphatic rings. The number of carbonyl (C=O) groups is 2. The zero-order chi connectivity index (χ0) is 20.6. The summed E-state index contributed by atoms with van der Waals surface area (Å²) in [5, 5.41) is 9.30. The first kappa shape index (κ1) is 20.4. The first-order valence-corrected chi connectivity index (χ1v) is 9.24. The number of rotatable bonds is 7. The van der Waals surface area contributed by atoms with Gasteiger partial charge >= 0.3 is 0 Å². The molecule has 2 aromatic rings. The van der Waals surface area contributed by atoms with Gasteiger partial charge in [-0.05, 0) is 48.0 Å². The minimum absolute atomic E-state index is 0.0785. The number of phenols is 1. The van der Waals surface area contributed by atoms with Crippen molar-refractivity contribution in [1.29, 1.82) is 0 Å². The molecule has 1 amide bonds. The zero-order valence-electron chi connectivity index (χ0n) is 16.2. The van der Waals surface area contributed by atoms with Gasteiger partial charge in [-0.3, -0.25) is 9.59 Å². The Kier molecular flexibility index (Phi) is 6.86. The number of benzene rings is 2. The summed E-state index contributed by atoms with van der Waals surface area (Å²) in [6.45, 7) is 2.14. The van der Waals surface area contributed by atoms with Gasteiger partial charge in [0, 0.05) is 18.7 Å². The van der Waals surface area contributed by atoms with Crippen molar-refractivity contribution in [3.05, 3.63) is 59.7 Å². The largest absolute Gasteiger partial charge is 0.508 e. The van der Waals surface area contributed by atoms with Crippen molar-refractivity contribution in [2.75, 3.05) is 40.0 Å². The number of hydrogen-bond acceptors (Lipinski definition) is 6. The van der Waals surface area contributed by atoms with Gasteiger partial charge < -0.3 is 24.2 Å². The monoisotopic (exact) mass is 397 g/mol. The number of phenolic OH excluding ortho intramolecular Hbond substituents is 1. The Morgan fingerprint density at radius 3 is 2.52 bits per heavy atom. The van der Waals surface area contributed by atoms with E-state index in [1.807, 2.05) is 0 Å². The predicted octanol–water partition coefficient (Wildman–Crippen LogP) is 2.53. The lowest BCUT2D eigenvalue weighted by atomic mass is 10.1. The van der Waals surface area contributed by atoms with Gasteiger partial charge in [0.25, 0.3) is 5.91 Å². The van der Waals surface area contributed by atoms with E-state index in [1.165, 1.54) is 25.3 Å². The van der Waals surface area contributed by atoms with Crippen LogP contribution in [0.2, 0.25) is 0 Å². The summed E-state index contributed by atoms with van der Waals surface area (Å²) < 4.78 is 16.2. The molecular formula is C22H23NO6. The number of ether oxygens (including phenoxy) is 3. The second-order valence-electron chi connectivity index (χ2n) is 6.44. The molecule has 7 nitrogen and oxygen atoms in total. The van der Waals surface area contributed by atoms with Gasteiger partial charge in [-0.25, -0.2) is 0 Å². The number of allylic oxidation sites excluding steroid dienone is 1. The fraction of sp³-hybridized carbons (Fsp3) is 0.273. The van der Waals surface area contributed by atoms with Crippen LogP contribution in [0.3, 0.4) is 0 Å². The second kappa shape index (κ2) is 9.75. The first-order chi connectivity index (χ1) is 14.1. The van der Waals surface area contributed by atoms with Crippen LogP contribution in [-0.2, 0) is 9.53 Å². The van der Waals surface area contributed by atoms with Crippen LogP contribution in [0.5, 0.6) is 17.2 Å². The Labute approximate surface area is 169 Å². The summed E-state index contributed by atoms with van der Waals surface area (Å²) in [6, 6.07) is 11.3. The van der Waals surface area contributed by atoms with Gasteiger partial charge in [0.15, 0.2) is 23.9 Å². The highest BCUT2D eigenvalue weighted by molar-refractivity contribution is 6.06. The fourth-order valence-corrected chi connectivity index (χ4v) is 2.84. The van der Waals surface area contributed by atoms with Gasteiger partial charge in [-0.15, -0.1) is 0 Å². The fourth-order valence-electron chi connectivity index (χ4n) is 2.84. The average Bonchev–Trinajstić information content (AvgIpc) is 2.77. The predicted molar refractivity (Wildman–Crippen MR) is 107 cm³/mol. The van der Waals surface area contributed by atoms with Crippen LogP contribution in [0.4, 0.5) is 0 Å². The highest BCUT2D eigenvalue weighted by atomic mass is 16.5. The number of amides is 1. The van der Waals surface area contributed by atoms with Crippen LogP contribution in [0.15, 0.2) is 48.5 Å². The lowest BCUT2D eigenvalue weighted by Gasteiger charge is -2.26. The molecule has 0 unspecified atom stereocenters. The van der Waals surface area contributed by atoms with E-state index >= 15 is 0 Å². The van der Waals surface area contributed by atoms with Gasteiger partial charge in [0.2, 0.25) is 0 Å². The summed E-state index contributed by atoms with van der Waals surface area (Å²) in [5.41, 5.74) is 1.23. The molecule has 0 bridgehead atoms. The quantitative estimate of drug-likeness (QED) is 0.571. The van der Waals surface area contributed by atoms with E-state index in [1.54, 1.807) is 41.3 Å². The summed E-state index contributed by atoms with van der Waals surface area (Å²) in [6.07, 6.45) is 3.12. The molecule has 152 valence electrons. The molecule has 0 atom stereocenters. The first-order valence-electron chi connectivity index (χ1n) is 9.24. The molecule has 0 radical (unpaired) electrons. The Balaban J connectivity index is 1.62. The molecule has 1 fully saturated rings. The molecule has 0 spiro atoms. The van der Waals surface area contributed by atoms with Crippen LogP contribution in [0.1, 0.15) is 15.9 Å². The van der Waals surface area contributed by atoms with Crippen LogP contribution in [-0.4, -0.2) is 61.7 Å². The van der Waals surface area contributed by atoms with Crippen LogP contribution in [0.25, 0.3) is 6.08 Å². The smallest absolute Gasteiger partial charge is 0.260 e. The maximum atomic E-state index is 12.2. The highest BCUT2D eigenvalue weighted by Gasteiger charge is 2.18. The minimum atomic E-state index is -0.180. The third kappa shape index (κ3) is 5.58. The van der Waals surface area contributed by atoms with Crippen molar-refractivity contribution >= 4 is 17.8 Å².